The molecule has 0 spiro atoms. The maximum atomic E-state index is 13.7. The Balaban J connectivity index is 1.70. The average Bonchev–Trinajstić information content (AvgIpc) is 3.32. The summed E-state index contributed by atoms with van der Waals surface area (Å²) in [5.74, 6) is -0.636. The molecule has 4 rings (SSSR count). The smallest absolute Gasteiger partial charge is 0.362 e. The molecule has 0 aliphatic carbocycles. The fourth-order valence-electron chi connectivity index (χ4n) is 3.19. The standard InChI is InChI=1S/C18H13Cl2F3N4OS/c19-9-3-4-11(20)12(6-9)26-17(28)10-8-24-27-15(18(21,22)23)7-13(25-16(10)27)14-2-1-5-29-14/h1-6,8,13,15,25H,7H2,(H,26,28). The molecular formula is C18H13Cl2F3N4OS. The van der Waals surface area contributed by atoms with Crippen molar-refractivity contribution in [3.8, 4) is 0 Å². The highest BCUT2D eigenvalue weighted by Gasteiger charge is 2.47. The fraction of sp³-hybridized carbons (Fsp3) is 0.222. The molecule has 1 amide bonds. The zero-order valence-electron chi connectivity index (χ0n) is 14.5. The van der Waals surface area contributed by atoms with Crippen molar-refractivity contribution in [2.45, 2.75) is 24.7 Å². The van der Waals surface area contributed by atoms with Crippen molar-refractivity contribution < 1.29 is 18.0 Å². The van der Waals surface area contributed by atoms with Crippen LogP contribution in [-0.4, -0.2) is 21.9 Å². The van der Waals surface area contributed by atoms with E-state index < -0.39 is 24.2 Å². The number of amides is 1. The number of aromatic nitrogens is 2. The van der Waals surface area contributed by atoms with Gasteiger partial charge in [-0.05, 0) is 29.6 Å². The molecule has 0 saturated carbocycles. The first kappa shape index (κ1) is 20.1. The predicted molar refractivity (Wildman–Crippen MR) is 107 cm³/mol. The van der Waals surface area contributed by atoms with Gasteiger partial charge in [0.25, 0.3) is 5.91 Å². The molecular weight excluding hydrogens is 448 g/mol. The Hall–Kier alpha value is -2.23. The highest BCUT2D eigenvalue weighted by molar-refractivity contribution is 7.10. The molecule has 0 fully saturated rings. The van der Waals surface area contributed by atoms with Gasteiger partial charge in [-0.1, -0.05) is 29.3 Å². The Morgan fingerprint density at radius 1 is 1.31 bits per heavy atom. The van der Waals surface area contributed by atoms with Crippen LogP contribution in [0.25, 0.3) is 0 Å². The second-order valence-corrected chi connectivity index (χ2v) is 8.26. The van der Waals surface area contributed by atoms with Crippen molar-refractivity contribution in [2.75, 3.05) is 10.6 Å². The van der Waals surface area contributed by atoms with Gasteiger partial charge in [-0.2, -0.15) is 18.3 Å². The van der Waals surface area contributed by atoms with E-state index in [1.165, 1.54) is 23.5 Å². The topological polar surface area (TPSA) is 59.0 Å². The van der Waals surface area contributed by atoms with Crippen molar-refractivity contribution in [3.05, 3.63) is 62.4 Å². The van der Waals surface area contributed by atoms with E-state index >= 15 is 0 Å². The van der Waals surface area contributed by atoms with E-state index in [1.54, 1.807) is 23.6 Å². The summed E-state index contributed by atoms with van der Waals surface area (Å²) < 4.78 is 41.8. The summed E-state index contributed by atoms with van der Waals surface area (Å²) in [5.41, 5.74) is 0.235. The number of hydrogen-bond acceptors (Lipinski definition) is 4. The van der Waals surface area contributed by atoms with Gasteiger partial charge in [-0.3, -0.25) is 4.79 Å². The first-order valence-electron chi connectivity index (χ1n) is 8.44. The molecule has 29 heavy (non-hydrogen) atoms. The van der Waals surface area contributed by atoms with Crippen LogP contribution in [0.3, 0.4) is 0 Å². The van der Waals surface area contributed by atoms with Crippen molar-refractivity contribution in [2.24, 2.45) is 0 Å². The molecule has 2 N–H and O–H groups in total. The summed E-state index contributed by atoms with van der Waals surface area (Å²) in [7, 11) is 0. The van der Waals surface area contributed by atoms with Gasteiger partial charge in [0, 0.05) is 16.3 Å². The van der Waals surface area contributed by atoms with Crippen LogP contribution in [0.2, 0.25) is 10.0 Å². The lowest BCUT2D eigenvalue weighted by atomic mass is 10.0. The van der Waals surface area contributed by atoms with E-state index in [0.29, 0.717) is 5.02 Å². The number of fused-ring (bicyclic) bond motifs is 1. The number of alkyl halides is 3. The van der Waals surface area contributed by atoms with E-state index in [1.807, 2.05) is 0 Å². The molecule has 2 unspecified atom stereocenters. The van der Waals surface area contributed by atoms with Gasteiger partial charge >= 0.3 is 6.18 Å². The van der Waals surface area contributed by atoms with Crippen LogP contribution in [0.5, 0.6) is 0 Å². The summed E-state index contributed by atoms with van der Waals surface area (Å²) in [6.07, 6.45) is -3.62. The third-order valence-corrected chi connectivity index (χ3v) is 6.10. The summed E-state index contributed by atoms with van der Waals surface area (Å²) in [6, 6.07) is 5.62. The first-order valence-corrected chi connectivity index (χ1v) is 10.1. The first-order chi connectivity index (χ1) is 13.7. The van der Waals surface area contributed by atoms with Crippen LogP contribution >= 0.6 is 34.5 Å². The minimum atomic E-state index is -4.51. The Bertz CT molecular complexity index is 1050. The van der Waals surface area contributed by atoms with Crippen LogP contribution < -0.4 is 10.6 Å². The highest BCUT2D eigenvalue weighted by atomic mass is 35.5. The molecule has 5 nitrogen and oxygen atoms in total. The lowest BCUT2D eigenvalue weighted by Crippen LogP contribution is -2.36. The van der Waals surface area contributed by atoms with Gasteiger partial charge in [0.2, 0.25) is 0 Å². The quantitative estimate of drug-likeness (QED) is 0.491. The van der Waals surface area contributed by atoms with Crippen molar-refractivity contribution in [1.29, 1.82) is 0 Å². The molecule has 3 heterocycles. The van der Waals surface area contributed by atoms with E-state index in [9.17, 15) is 18.0 Å². The molecule has 0 radical (unpaired) electrons. The summed E-state index contributed by atoms with van der Waals surface area (Å²) in [5, 5.41) is 11.9. The van der Waals surface area contributed by atoms with Crippen molar-refractivity contribution >= 4 is 52.0 Å². The Morgan fingerprint density at radius 2 is 2.10 bits per heavy atom. The number of hydrogen-bond donors (Lipinski definition) is 2. The SMILES string of the molecule is O=C(Nc1cc(Cl)ccc1Cl)c1cnn2c1NC(c1cccs1)CC2C(F)(F)F. The Labute approximate surface area is 177 Å². The van der Waals surface area contributed by atoms with E-state index in [-0.39, 0.29) is 28.5 Å². The number of carbonyl (C=O) groups excluding carboxylic acids is 1. The molecule has 1 aliphatic heterocycles. The molecule has 0 saturated heterocycles. The highest BCUT2D eigenvalue weighted by Crippen LogP contribution is 2.45. The van der Waals surface area contributed by atoms with Gasteiger partial charge in [-0.15, -0.1) is 11.3 Å². The zero-order chi connectivity index (χ0) is 20.8. The maximum absolute atomic E-state index is 13.7. The van der Waals surface area contributed by atoms with Crippen LogP contribution in [-0.2, 0) is 0 Å². The number of rotatable bonds is 3. The molecule has 1 aliphatic rings. The molecule has 2 aromatic heterocycles. The van der Waals surface area contributed by atoms with Gasteiger partial charge in [0.1, 0.15) is 11.4 Å². The molecule has 1 aromatic carbocycles. The minimum Gasteiger partial charge on any atom is -0.362 e. The van der Waals surface area contributed by atoms with Crippen LogP contribution in [0.1, 0.15) is 33.7 Å². The van der Waals surface area contributed by atoms with Gasteiger partial charge in [-0.25, -0.2) is 4.68 Å². The number of nitrogens with one attached hydrogen (secondary N) is 2. The zero-order valence-corrected chi connectivity index (χ0v) is 16.8. The van der Waals surface area contributed by atoms with Crippen LogP contribution in [0.15, 0.2) is 41.9 Å². The molecule has 3 aromatic rings. The number of benzene rings is 1. The van der Waals surface area contributed by atoms with Crippen molar-refractivity contribution in [1.82, 2.24) is 9.78 Å². The van der Waals surface area contributed by atoms with E-state index in [4.69, 9.17) is 23.2 Å². The van der Waals surface area contributed by atoms with Gasteiger partial charge < -0.3 is 10.6 Å². The van der Waals surface area contributed by atoms with E-state index in [2.05, 4.69) is 15.7 Å². The third-order valence-electron chi connectivity index (χ3n) is 4.55. The average molecular weight is 461 g/mol. The molecule has 152 valence electrons. The molecule has 0 bridgehead atoms. The number of halogens is 5. The maximum Gasteiger partial charge on any atom is 0.410 e. The monoisotopic (exact) mass is 460 g/mol. The van der Waals surface area contributed by atoms with Gasteiger partial charge in [0.15, 0.2) is 6.04 Å². The number of anilines is 2. The second-order valence-electron chi connectivity index (χ2n) is 6.44. The lowest BCUT2D eigenvalue weighted by molar-refractivity contribution is -0.173. The lowest BCUT2D eigenvalue weighted by Gasteiger charge is -2.33. The normalized spacial score (nSPS) is 18.8. The predicted octanol–water partition coefficient (Wildman–Crippen LogP) is 6.16. The number of thiophene rings is 1. The van der Waals surface area contributed by atoms with Crippen LogP contribution in [0.4, 0.5) is 24.7 Å². The Kier molecular flexibility index (Phi) is 5.22. The van der Waals surface area contributed by atoms with Crippen LogP contribution in [0, 0.1) is 0 Å². The number of nitrogens with zero attached hydrogens (tertiary/aromatic N) is 2. The number of carbonyl (C=O) groups is 1. The summed E-state index contributed by atoms with van der Waals surface area (Å²) >= 11 is 13.3. The summed E-state index contributed by atoms with van der Waals surface area (Å²) in [4.78, 5) is 13.5. The Morgan fingerprint density at radius 3 is 2.79 bits per heavy atom. The van der Waals surface area contributed by atoms with Gasteiger partial charge in [0.05, 0.1) is 22.9 Å². The molecule has 11 heteroatoms. The van der Waals surface area contributed by atoms with Crippen molar-refractivity contribution in [3.63, 3.8) is 0 Å². The minimum absolute atomic E-state index is 0.00706. The largest absolute Gasteiger partial charge is 0.410 e. The second kappa shape index (κ2) is 7.55. The third kappa shape index (κ3) is 3.94. The molecule has 2 atom stereocenters. The summed E-state index contributed by atoms with van der Waals surface area (Å²) in [6.45, 7) is 0. The fourth-order valence-corrected chi connectivity index (χ4v) is 4.32. The van der Waals surface area contributed by atoms with E-state index in [0.717, 1.165) is 15.8 Å².